The lowest BCUT2D eigenvalue weighted by atomic mass is 10.1. The first-order valence-corrected chi connectivity index (χ1v) is 8.36. The number of ether oxygens (including phenoxy) is 1. The zero-order chi connectivity index (χ0) is 17.1. The fourth-order valence-electron chi connectivity index (χ4n) is 3.20. The average Bonchev–Trinajstić information content (AvgIpc) is 3.18. The van der Waals surface area contributed by atoms with Crippen molar-refractivity contribution in [2.75, 3.05) is 26.3 Å². The SMILES string of the molecule is CCOCC(=O)N1CCCN1C(=O)Cc1c(C)[nH]c2ccccc12. The molecule has 6 nitrogen and oxygen atoms in total. The molecule has 3 rings (SSSR count). The van der Waals surface area contributed by atoms with Crippen molar-refractivity contribution in [3.63, 3.8) is 0 Å². The van der Waals surface area contributed by atoms with E-state index >= 15 is 0 Å². The monoisotopic (exact) mass is 329 g/mol. The van der Waals surface area contributed by atoms with E-state index in [2.05, 4.69) is 4.98 Å². The van der Waals surface area contributed by atoms with E-state index in [1.165, 1.54) is 5.01 Å². The number of aromatic nitrogens is 1. The van der Waals surface area contributed by atoms with Crippen LogP contribution in [0.3, 0.4) is 0 Å². The number of carbonyl (C=O) groups excluding carboxylic acids is 2. The highest BCUT2D eigenvalue weighted by molar-refractivity contribution is 5.91. The summed E-state index contributed by atoms with van der Waals surface area (Å²) in [7, 11) is 0. The van der Waals surface area contributed by atoms with Gasteiger partial charge in [0.05, 0.1) is 6.42 Å². The van der Waals surface area contributed by atoms with Crippen LogP contribution in [0, 0.1) is 6.92 Å². The number of hydrogen-bond donors (Lipinski definition) is 1. The van der Waals surface area contributed by atoms with Gasteiger partial charge in [0, 0.05) is 36.3 Å². The second-order valence-electron chi connectivity index (χ2n) is 5.98. The van der Waals surface area contributed by atoms with Gasteiger partial charge in [-0.1, -0.05) is 18.2 Å². The van der Waals surface area contributed by atoms with Gasteiger partial charge in [0.25, 0.3) is 5.91 Å². The Hall–Kier alpha value is -2.34. The predicted molar refractivity (Wildman–Crippen MR) is 91.3 cm³/mol. The Bertz CT molecular complexity index is 753. The van der Waals surface area contributed by atoms with Crippen LogP contribution < -0.4 is 0 Å². The molecule has 1 fully saturated rings. The molecule has 1 N–H and O–H groups in total. The number of nitrogens with one attached hydrogen (secondary N) is 1. The summed E-state index contributed by atoms with van der Waals surface area (Å²) in [5.41, 5.74) is 3.03. The minimum atomic E-state index is -0.154. The van der Waals surface area contributed by atoms with Gasteiger partial charge in [0.2, 0.25) is 5.91 Å². The molecule has 1 saturated heterocycles. The molecular weight excluding hydrogens is 306 g/mol. The summed E-state index contributed by atoms with van der Waals surface area (Å²) in [6.07, 6.45) is 1.09. The molecule has 1 aliphatic rings. The van der Waals surface area contributed by atoms with E-state index in [1.54, 1.807) is 5.01 Å². The minimum Gasteiger partial charge on any atom is -0.372 e. The second-order valence-corrected chi connectivity index (χ2v) is 5.98. The van der Waals surface area contributed by atoms with Crippen LogP contribution in [0.5, 0.6) is 0 Å². The fraction of sp³-hybridized carbons (Fsp3) is 0.444. The van der Waals surface area contributed by atoms with Crippen LogP contribution in [0.1, 0.15) is 24.6 Å². The van der Waals surface area contributed by atoms with Crippen LogP contribution in [0.15, 0.2) is 24.3 Å². The van der Waals surface area contributed by atoms with E-state index in [4.69, 9.17) is 4.74 Å². The lowest BCUT2D eigenvalue weighted by molar-refractivity contribution is -0.160. The maximum absolute atomic E-state index is 12.8. The van der Waals surface area contributed by atoms with Crippen LogP contribution in [0.2, 0.25) is 0 Å². The molecule has 0 unspecified atom stereocenters. The molecule has 0 spiro atoms. The number of hydrogen-bond acceptors (Lipinski definition) is 3. The average molecular weight is 329 g/mol. The van der Waals surface area contributed by atoms with Gasteiger partial charge in [0.15, 0.2) is 0 Å². The smallest absolute Gasteiger partial charge is 0.267 e. The Morgan fingerprint density at radius 2 is 1.88 bits per heavy atom. The third-order valence-electron chi connectivity index (χ3n) is 4.39. The van der Waals surface area contributed by atoms with E-state index in [1.807, 2.05) is 38.1 Å². The second kappa shape index (κ2) is 7.05. The number of rotatable bonds is 5. The summed E-state index contributed by atoms with van der Waals surface area (Å²) in [5, 5.41) is 4.17. The fourth-order valence-corrected chi connectivity index (χ4v) is 3.20. The highest BCUT2D eigenvalue weighted by Crippen LogP contribution is 2.23. The molecule has 0 saturated carbocycles. The van der Waals surface area contributed by atoms with Gasteiger partial charge in [-0.3, -0.25) is 14.6 Å². The lowest BCUT2D eigenvalue weighted by Gasteiger charge is -2.28. The number of hydrazine groups is 1. The van der Waals surface area contributed by atoms with Crippen molar-refractivity contribution in [2.45, 2.75) is 26.7 Å². The molecule has 0 radical (unpaired) electrons. The Morgan fingerprint density at radius 3 is 2.62 bits per heavy atom. The normalized spacial score (nSPS) is 14.6. The standard InChI is InChI=1S/C18H23N3O3/c1-3-24-12-18(23)21-10-6-9-20(21)17(22)11-15-13(2)19-16-8-5-4-7-14(15)16/h4-5,7-8,19H,3,6,9-12H2,1-2H3. The first kappa shape index (κ1) is 16.5. The largest absolute Gasteiger partial charge is 0.372 e. The van der Waals surface area contributed by atoms with Gasteiger partial charge >= 0.3 is 0 Å². The van der Waals surface area contributed by atoms with Crippen LogP contribution >= 0.6 is 0 Å². The first-order valence-electron chi connectivity index (χ1n) is 8.36. The zero-order valence-electron chi connectivity index (χ0n) is 14.2. The molecule has 0 atom stereocenters. The van der Waals surface area contributed by atoms with Gasteiger partial charge in [-0.25, -0.2) is 5.01 Å². The van der Waals surface area contributed by atoms with E-state index < -0.39 is 0 Å². The van der Waals surface area contributed by atoms with Crippen molar-refractivity contribution in [1.82, 2.24) is 15.0 Å². The lowest BCUT2D eigenvalue weighted by Crippen LogP contribution is -2.46. The number of amides is 2. The number of fused-ring (bicyclic) bond motifs is 1. The summed E-state index contributed by atoms with van der Waals surface area (Å²) in [6, 6.07) is 7.96. The third kappa shape index (κ3) is 3.14. The molecule has 6 heteroatoms. The number of nitrogens with zero attached hydrogens (tertiary/aromatic N) is 2. The summed E-state index contributed by atoms with van der Waals surface area (Å²) in [4.78, 5) is 28.3. The molecule has 128 valence electrons. The van der Waals surface area contributed by atoms with Crippen molar-refractivity contribution >= 4 is 22.7 Å². The van der Waals surface area contributed by atoms with Gasteiger partial charge in [-0.15, -0.1) is 0 Å². The molecular formula is C18H23N3O3. The number of aromatic amines is 1. The Balaban J connectivity index is 1.76. The zero-order valence-corrected chi connectivity index (χ0v) is 14.2. The Morgan fingerprint density at radius 1 is 1.17 bits per heavy atom. The third-order valence-corrected chi connectivity index (χ3v) is 4.39. The number of carbonyl (C=O) groups is 2. The van der Waals surface area contributed by atoms with Crippen LogP contribution in [0.4, 0.5) is 0 Å². The molecule has 2 heterocycles. The van der Waals surface area contributed by atoms with Gasteiger partial charge in [-0.2, -0.15) is 0 Å². The maximum Gasteiger partial charge on any atom is 0.267 e. The molecule has 2 amide bonds. The van der Waals surface area contributed by atoms with E-state index in [0.717, 1.165) is 28.6 Å². The van der Waals surface area contributed by atoms with Crippen molar-refractivity contribution in [3.8, 4) is 0 Å². The molecule has 1 aliphatic heterocycles. The number of para-hydroxylation sites is 1. The van der Waals surface area contributed by atoms with E-state index in [-0.39, 0.29) is 24.8 Å². The van der Waals surface area contributed by atoms with Crippen LogP contribution in [0.25, 0.3) is 10.9 Å². The molecule has 1 aromatic heterocycles. The molecule has 24 heavy (non-hydrogen) atoms. The molecule has 2 aromatic rings. The summed E-state index contributed by atoms with van der Waals surface area (Å²) >= 11 is 0. The first-order chi connectivity index (χ1) is 11.6. The van der Waals surface area contributed by atoms with Crippen molar-refractivity contribution in [2.24, 2.45) is 0 Å². The van der Waals surface area contributed by atoms with Crippen molar-refractivity contribution < 1.29 is 14.3 Å². The van der Waals surface area contributed by atoms with Gasteiger partial charge < -0.3 is 9.72 Å². The topological polar surface area (TPSA) is 65.6 Å². The Labute approximate surface area is 141 Å². The minimum absolute atomic E-state index is 0.0202. The van der Waals surface area contributed by atoms with Gasteiger partial charge in [-0.05, 0) is 31.9 Å². The summed E-state index contributed by atoms with van der Waals surface area (Å²) in [5.74, 6) is -0.205. The molecule has 1 aromatic carbocycles. The van der Waals surface area contributed by atoms with Crippen molar-refractivity contribution in [1.29, 1.82) is 0 Å². The number of aryl methyl sites for hydroxylation is 1. The van der Waals surface area contributed by atoms with E-state index in [9.17, 15) is 9.59 Å². The maximum atomic E-state index is 12.8. The highest BCUT2D eigenvalue weighted by atomic mass is 16.5. The molecule has 0 bridgehead atoms. The van der Waals surface area contributed by atoms with Crippen LogP contribution in [-0.4, -0.2) is 53.1 Å². The van der Waals surface area contributed by atoms with Crippen LogP contribution in [-0.2, 0) is 20.7 Å². The quantitative estimate of drug-likeness (QED) is 0.913. The highest BCUT2D eigenvalue weighted by Gasteiger charge is 2.31. The van der Waals surface area contributed by atoms with Crippen molar-refractivity contribution in [3.05, 3.63) is 35.5 Å². The number of benzene rings is 1. The Kier molecular flexibility index (Phi) is 4.85. The molecule has 0 aliphatic carbocycles. The number of H-pyrrole nitrogens is 1. The predicted octanol–water partition coefficient (Wildman–Crippen LogP) is 2.03. The summed E-state index contributed by atoms with van der Waals surface area (Å²) < 4.78 is 5.18. The van der Waals surface area contributed by atoms with E-state index in [0.29, 0.717) is 19.7 Å². The summed E-state index contributed by atoms with van der Waals surface area (Å²) in [6.45, 7) is 5.49. The van der Waals surface area contributed by atoms with Gasteiger partial charge in [0.1, 0.15) is 6.61 Å².